The molecule has 9 rings (SSSR count). The van der Waals surface area contributed by atoms with Crippen LogP contribution in [-0.4, -0.2) is 80.6 Å². The highest BCUT2D eigenvalue weighted by atomic mass is 32.2. The Balaban J connectivity index is 1.22. The summed E-state index contributed by atoms with van der Waals surface area (Å²) >= 11 is 1.71. The van der Waals surface area contributed by atoms with E-state index in [2.05, 4.69) is 30.9 Å². The quantitative estimate of drug-likeness (QED) is 0.0130. The standard InChI is InChI=1S/C62H64N4O11S/c1-2-35-75-62-58(64(41-47-16-12-15-45-13-6-7-19-52(45)47)59(69)32-25-43-21-26-48(27-22-43)65(70)71)40-56(63-76-42-44-23-28-49(29-24-44)66(72)73)54-38-46(14-8-10-33-67)53(20-9-11-34-68)60(61(54)62)55-39-50(30-31-57(55)77-62)74-36-37-78-51-17-4-3-5-18-51/h2-7,12-13,15-19,21-32,38-39,46,53,58,60-61,67-68H,1,8-11,14,20,33-37,40-42H2. The summed E-state index contributed by atoms with van der Waals surface area (Å²) in [4.78, 5) is 47.0. The molecule has 404 valence electrons. The van der Waals surface area contributed by atoms with E-state index in [1.54, 1.807) is 53.1 Å². The lowest BCUT2D eigenvalue weighted by atomic mass is 9.55. The molecule has 6 aromatic carbocycles. The number of benzene rings is 6. The number of unbranched alkanes of at least 4 members (excludes halogenated alkanes) is 2. The predicted octanol–water partition coefficient (Wildman–Crippen LogP) is 12.4. The van der Waals surface area contributed by atoms with Crippen molar-refractivity contribution in [3.05, 3.63) is 212 Å². The van der Waals surface area contributed by atoms with Crippen LogP contribution in [-0.2, 0) is 27.5 Å². The molecule has 2 N–H and O–H groups in total. The Hall–Kier alpha value is -7.63. The van der Waals surface area contributed by atoms with Gasteiger partial charge in [-0.25, -0.2) is 0 Å². The Bertz CT molecular complexity index is 3150. The summed E-state index contributed by atoms with van der Waals surface area (Å²) < 4.78 is 21.4. The number of aliphatic hydroxyl groups excluding tert-OH is 2. The lowest BCUT2D eigenvalue weighted by molar-refractivity contribution is -0.385. The van der Waals surface area contributed by atoms with Gasteiger partial charge in [0.05, 0.1) is 34.7 Å². The minimum absolute atomic E-state index is 0.00539. The zero-order valence-corrected chi connectivity index (χ0v) is 44.2. The van der Waals surface area contributed by atoms with Gasteiger partial charge in [-0.3, -0.25) is 25.0 Å². The van der Waals surface area contributed by atoms with Gasteiger partial charge in [0.15, 0.2) is 0 Å². The molecule has 1 amide bonds. The lowest BCUT2D eigenvalue weighted by Gasteiger charge is -2.60. The summed E-state index contributed by atoms with van der Waals surface area (Å²) in [6, 6.07) is 41.3. The van der Waals surface area contributed by atoms with Crippen LogP contribution in [0.4, 0.5) is 11.4 Å². The van der Waals surface area contributed by atoms with Crippen LogP contribution in [0, 0.1) is 38.0 Å². The molecule has 3 aliphatic rings. The number of rotatable bonds is 26. The number of nitro benzene ring substituents is 2. The summed E-state index contributed by atoms with van der Waals surface area (Å²) in [7, 11) is 0. The number of hydrogen-bond acceptors (Lipinski definition) is 13. The van der Waals surface area contributed by atoms with Gasteiger partial charge < -0.3 is 34.2 Å². The molecule has 0 radical (unpaired) electrons. The van der Waals surface area contributed by atoms with E-state index in [-0.39, 0.29) is 74.4 Å². The number of carbonyl (C=O) groups excluding carboxylic acids is 1. The molecular formula is C62H64N4O11S. The first-order chi connectivity index (χ1) is 38.1. The summed E-state index contributed by atoms with van der Waals surface area (Å²) in [6.45, 7) is 4.77. The topological polar surface area (TPSA) is 196 Å². The maximum Gasteiger partial charge on any atom is 0.269 e. The van der Waals surface area contributed by atoms with Gasteiger partial charge in [-0.1, -0.05) is 90.8 Å². The van der Waals surface area contributed by atoms with Crippen molar-refractivity contribution in [2.24, 2.45) is 22.9 Å². The van der Waals surface area contributed by atoms with Crippen molar-refractivity contribution < 1.29 is 43.9 Å². The second-order valence-electron chi connectivity index (χ2n) is 19.8. The molecular weight excluding hydrogens is 1010 g/mol. The summed E-state index contributed by atoms with van der Waals surface area (Å²) in [6.07, 6.45) is 11.3. The highest BCUT2D eigenvalue weighted by Crippen LogP contribution is 2.62. The molecule has 1 aliphatic heterocycles. The fourth-order valence-corrected chi connectivity index (χ4v) is 12.2. The summed E-state index contributed by atoms with van der Waals surface area (Å²) in [5.74, 6) is -1.04. The Labute approximate surface area is 458 Å². The van der Waals surface area contributed by atoms with Crippen LogP contribution < -0.4 is 9.47 Å². The van der Waals surface area contributed by atoms with E-state index >= 15 is 4.79 Å². The highest BCUT2D eigenvalue weighted by molar-refractivity contribution is 7.99. The number of nitro groups is 2. The first-order valence-corrected chi connectivity index (χ1v) is 27.5. The molecule has 78 heavy (non-hydrogen) atoms. The maximum absolute atomic E-state index is 15.6. The molecule has 0 bridgehead atoms. The minimum atomic E-state index is -1.59. The van der Waals surface area contributed by atoms with Crippen molar-refractivity contribution in [1.82, 2.24) is 4.90 Å². The number of ether oxygens (including phenoxy) is 3. The van der Waals surface area contributed by atoms with Gasteiger partial charge in [-0.2, -0.15) is 0 Å². The lowest BCUT2D eigenvalue weighted by Crippen LogP contribution is -2.70. The molecule has 2 aliphatic carbocycles. The average molecular weight is 1070 g/mol. The van der Waals surface area contributed by atoms with Gasteiger partial charge in [-0.05, 0) is 131 Å². The Kier molecular flexibility index (Phi) is 18.5. The van der Waals surface area contributed by atoms with Crippen LogP contribution in [0.1, 0.15) is 73.1 Å². The zero-order chi connectivity index (χ0) is 54.4. The van der Waals surface area contributed by atoms with E-state index in [1.165, 1.54) is 30.3 Å². The van der Waals surface area contributed by atoms with Crippen LogP contribution >= 0.6 is 11.8 Å². The van der Waals surface area contributed by atoms with E-state index in [1.807, 2.05) is 72.8 Å². The van der Waals surface area contributed by atoms with Gasteiger partial charge in [0, 0.05) is 78.7 Å². The van der Waals surface area contributed by atoms with Crippen LogP contribution in [0.15, 0.2) is 180 Å². The van der Waals surface area contributed by atoms with Crippen LogP contribution in [0.25, 0.3) is 16.8 Å². The Morgan fingerprint density at radius 1 is 0.846 bits per heavy atom. The normalized spacial score (nSPS) is 20.8. The number of oxime groups is 1. The monoisotopic (exact) mass is 1070 g/mol. The number of allylic oxidation sites excluding steroid dienone is 1. The van der Waals surface area contributed by atoms with E-state index in [4.69, 9.17) is 24.2 Å². The molecule has 0 aromatic heterocycles. The van der Waals surface area contributed by atoms with Crippen molar-refractivity contribution in [2.75, 3.05) is 32.2 Å². The molecule has 16 heteroatoms. The number of nitrogens with zero attached hydrogens (tertiary/aromatic N) is 4. The number of hydrogen-bond donors (Lipinski definition) is 2. The fourth-order valence-electron chi connectivity index (χ4n) is 11.4. The number of fused-ring (bicyclic) bond motifs is 3. The number of amides is 1. The largest absolute Gasteiger partial charge is 0.493 e. The second-order valence-corrected chi connectivity index (χ2v) is 20.9. The Morgan fingerprint density at radius 2 is 1.55 bits per heavy atom. The van der Waals surface area contributed by atoms with E-state index in [9.17, 15) is 30.4 Å². The molecule has 6 aromatic rings. The SMILES string of the molecule is C=CCOC12Oc3ccc(OCCSc4ccccc4)cc3C3C(CCCCO)C(CCCCO)C=C(C(=NOCc4ccc([N+](=O)[O-])cc4)CC1N(Cc1cccc4ccccc14)C(=O)C=Cc1ccc([N+](=O)[O-])cc1)C32. The smallest absolute Gasteiger partial charge is 0.269 e. The van der Waals surface area contributed by atoms with E-state index < -0.39 is 27.6 Å². The van der Waals surface area contributed by atoms with Crippen molar-refractivity contribution in [3.8, 4) is 11.5 Å². The molecule has 6 atom stereocenters. The van der Waals surface area contributed by atoms with Crippen LogP contribution in [0.5, 0.6) is 11.5 Å². The molecule has 6 unspecified atom stereocenters. The van der Waals surface area contributed by atoms with Gasteiger partial charge >= 0.3 is 0 Å². The molecule has 1 saturated carbocycles. The highest BCUT2D eigenvalue weighted by Gasteiger charge is 2.65. The third-order valence-electron chi connectivity index (χ3n) is 15.0. The van der Waals surface area contributed by atoms with Gasteiger partial charge in [0.2, 0.25) is 11.7 Å². The number of aliphatic hydroxyl groups is 2. The fraction of sp³-hybridized carbons (Fsp3) is 0.323. The van der Waals surface area contributed by atoms with Gasteiger partial charge in [0.1, 0.15) is 24.1 Å². The zero-order valence-electron chi connectivity index (χ0n) is 43.3. The van der Waals surface area contributed by atoms with Crippen LogP contribution in [0.2, 0.25) is 0 Å². The third-order valence-corrected chi connectivity index (χ3v) is 15.9. The van der Waals surface area contributed by atoms with E-state index in [0.717, 1.165) is 58.1 Å². The molecule has 1 fully saturated rings. The minimum Gasteiger partial charge on any atom is -0.493 e. The van der Waals surface area contributed by atoms with Crippen molar-refractivity contribution in [2.45, 2.75) is 80.7 Å². The maximum atomic E-state index is 15.6. The van der Waals surface area contributed by atoms with Crippen LogP contribution in [0.3, 0.4) is 0 Å². The predicted molar refractivity (Wildman–Crippen MR) is 302 cm³/mol. The second kappa shape index (κ2) is 26.1. The third kappa shape index (κ3) is 12.7. The number of non-ortho nitro benzene ring substituents is 2. The van der Waals surface area contributed by atoms with Crippen molar-refractivity contribution >= 4 is 51.6 Å². The van der Waals surface area contributed by atoms with Gasteiger partial charge in [0.25, 0.3) is 11.4 Å². The average Bonchev–Trinajstić information content (AvgIpc) is 2.59. The Morgan fingerprint density at radius 3 is 2.28 bits per heavy atom. The molecule has 15 nitrogen and oxygen atoms in total. The molecule has 0 spiro atoms. The number of thioether (sulfide) groups is 1. The van der Waals surface area contributed by atoms with Crippen molar-refractivity contribution in [1.29, 1.82) is 0 Å². The number of carbonyl (C=O) groups is 1. The first-order valence-electron chi connectivity index (χ1n) is 26.5. The van der Waals surface area contributed by atoms with Gasteiger partial charge in [-0.15, -0.1) is 18.3 Å². The first kappa shape index (κ1) is 55.1. The summed E-state index contributed by atoms with van der Waals surface area (Å²) in [5, 5.41) is 50.3. The van der Waals surface area contributed by atoms with E-state index in [0.29, 0.717) is 53.5 Å². The molecule has 0 saturated heterocycles. The summed E-state index contributed by atoms with van der Waals surface area (Å²) in [5.41, 5.74) is 4.31. The van der Waals surface area contributed by atoms with Crippen molar-refractivity contribution in [3.63, 3.8) is 0 Å². The molecule has 1 heterocycles.